The molecule has 2 nitrogen and oxygen atoms in total. The van der Waals surface area contributed by atoms with Gasteiger partial charge in [-0.2, -0.15) is 0 Å². The van der Waals surface area contributed by atoms with Gasteiger partial charge in [-0.25, -0.2) is 4.58 Å². The van der Waals surface area contributed by atoms with Gasteiger partial charge in [0, 0.05) is 12.2 Å². The van der Waals surface area contributed by atoms with E-state index in [2.05, 4.69) is 86.3 Å². The van der Waals surface area contributed by atoms with Crippen molar-refractivity contribution in [1.82, 2.24) is 0 Å². The minimum atomic E-state index is 0.873. The summed E-state index contributed by atoms with van der Waals surface area (Å²) < 4.78 is 7.44. The van der Waals surface area contributed by atoms with E-state index in [0.29, 0.717) is 0 Å². The van der Waals surface area contributed by atoms with Crippen LogP contribution in [0.2, 0.25) is 0 Å². The maximum Gasteiger partial charge on any atom is 0.199 e. The Kier molecular flexibility index (Phi) is 5.52. The first kappa shape index (κ1) is 17.9. The summed E-state index contributed by atoms with van der Waals surface area (Å²) in [6, 6.07) is 17.2. The molecule has 0 spiro atoms. The Morgan fingerprint density at radius 2 is 1.35 bits per heavy atom. The van der Waals surface area contributed by atoms with Crippen LogP contribution in [0.4, 0.5) is 0 Å². The third-order valence-corrected chi connectivity index (χ3v) is 4.70. The maximum atomic E-state index is 5.32. The van der Waals surface area contributed by atoms with Crippen molar-refractivity contribution in [3.8, 4) is 5.75 Å². The van der Waals surface area contributed by atoms with Gasteiger partial charge in [0.15, 0.2) is 5.71 Å². The molecule has 0 fully saturated rings. The molecule has 0 bridgehead atoms. The predicted molar refractivity (Wildman–Crippen MR) is 110 cm³/mol. The second-order valence-electron chi connectivity index (χ2n) is 6.60. The Morgan fingerprint density at radius 3 is 1.81 bits per heavy atom. The van der Waals surface area contributed by atoms with Gasteiger partial charge in [-0.05, 0) is 58.5 Å². The second-order valence-corrected chi connectivity index (χ2v) is 6.60. The molecule has 0 heterocycles. The fraction of sp³-hybridized carbons (Fsp3) is 0.208. The average Bonchev–Trinajstić information content (AvgIpc) is 2.69. The topological polar surface area (TPSA) is 12.2 Å². The van der Waals surface area contributed by atoms with E-state index in [-0.39, 0.29) is 0 Å². The van der Waals surface area contributed by atoms with Gasteiger partial charge in [-0.3, -0.25) is 0 Å². The fourth-order valence-corrected chi connectivity index (χ4v) is 3.09. The largest absolute Gasteiger partial charge is 0.497 e. The van der Waals surface area contributed by atoms with Gasteiger partial charge in [0.2, 0.25) is 0 Å². The van der Waals surface area contributed by atoms with Gasteiger partial charge in [-0.1, -0.05) is 43.3 Å². The molecule has 1 aliphatic rings. The van der Waals surface area contributed by atoms with Crippen molar-refractivity contribution in [2.45, 2.75) is 13.3 Å². The molecule has 0 amide bonds. The Balaban J connectivity index is 2.12. The van der Waals surface area contributed by atoms with E-state index in [9.17, 15) is 0 Å². The van der Waals surface area contributed by atoms with E-state index >= 15 is 0 Å². The molecule has 0 atom stereocenters. The number of aryl methyl sites for hydroxylation is 1. The van der Waals surface area contributed by atoms with E-state index < -0.39 is 0 Å². The monoisotopic (exact) mass is 344 g/mol. The summed E-state index contributed by atoms with van der Waals surface area (Å²) in [5.41, 5.74) is 7.41. The van der Waals surface area contributed by atoms with Gasteiger partial charge < -0.3 is 4.74 Å². The molecule has 132 valence electrons. The van der Waals surface area contributed by atoms with E-state index in [4.69, 9.17) is 4.74 Å². The van der Waals surface area contributed by atoms with Crippen LogP contribution >= 0.6 is 0 Å². The molecule has 0 saturated heterocycles. The lowest BCUT2D eigenvalue weighted by Crippen LogP contribution is -2.10. The number of methoxy groups -OCH3 is 1. The highest BCUT2D eigenvalue weighted by molar-refractivity contribution is 6.03. The summed E-state index contributed by atoms with van der Waals surface area (Å²) in [5, 5.41) is 0. The smallest absolute Gasteiger partial charge is 0.199 e. The van der Waals surface area contributed by atoms with Crippen molar-refractivity contribution < 1.29 is 9.31 Å². The Bertz CT molecular complexity index is 823. The molecular weight excluding hydrogens is 318 g/mol. The molecule has 1 aliphatic carbocycles. The number of hydrogen-bond donors (Lipinski definition) is 0. The lowest BCUT2D eigenvalue weighted by Gasteiger charge is -2.14. The van der Waals surface area contributed by atoms with Crippen LogP contribution in [0.3, 0.4) is 0 Å². The summed E-state index contributed by atoms with van der Waals surface area (Å²) in [6.07, 6.45) is 9.78. The number of rotatable bonds is 4. The summed E-state index contributed by atoms with van der Waals surface area (Å²) >= 11 is 0. The number of ether oxygens (including phenoxy) is 1. The molecule has 2 heteroatoms. The maximum absolute atomic E-state index is 5.32. The minimum Gasteiger partial charge on any atom is -0.497 e. The molecule has 0 saturated carbocycles. The SMILES string of the molecule is CCc1ccc(C(=C2C=CC(=[N+](C)C)C=C2)c2ccc(OC)cc2)cc1. The van der Waals surface area contributed by atoms with E-state index in [1.165, 1.54) is 33.5 Å². The van der Waals surface area contributed by atoms with Gasteiger partial charge >= 0.3 is 0 Å². The van der Waals surface area contributed by atoms with Gasteiger partial charge in [0.1, 0.15) is 19.8 Å². The Morgan fingerprint density at radius 1 is 0.808 bits per heavy atom. The van der Waals surface area contributed by atoms with E-state index in [0.717, 1.165) is 12.2 Å². The first-order chi connectivity index (χ1) is 12.6. The zero-order valence-corrected chi connectivity index (χ0v) is 16.0. The van der Waals surface area contributed by atoms with Crippen molar-refractivity contribution in [2.24, 2.45) is 0 Å². The first-order valence-corrected chi connectivity index (χ1v) is 9.01. The van der Waals surface area contributed by atoms with Crippen LogP contribution in [0.15, 0.2) is 78.4 Å². The summed E-state index contributed by atoms with van der Waals surface area (Å²) in [6.45, 7) is 2.18. The zero-order chi connectivity index (χ0) is 18.5. The Hall–Kier alpha value is -2.87. The van der Waals surface area contributed by atoms with Crippen molar-refractivity contribution >= 4 is 11.3 Å². The van der Waals surface area contributed by atoms with Crippen molar-refractivity contribution in [3.63, 3.8) is 0 Å². The fourth-order valence-electron chi connectivity index (χ4n) is 3.09. The van der Waals surface area contributed by atoms with Gasteiger partial charge in [0.25, 0.3) is 0 Å². The molecule has 0 aromatic heterocycles. The van der Waals surface area contributed by atoms with Crippen molar-refractivity contribution in [3.05, 3.63) is 95.1 Å². The van der Waals surface area contributed by atoms with Crippen LogP contribution in [-0.4, -0.2) is 31.5 Å². The summed E-state index contributed by atoms with van der Waals surface area (Å²) in [5.74, 6) is 0.873. The van der Waals surface area contributed by atoms with Crippen molar-refractivity contribution in [2.75, 3.05) is 21.2 Å². The molecule has 0 unspecified atom stereocenters. The van der Waals surface area contributed by atoms with Crippen LogP contribution < -0.4 is 4.74 Å². The summed E-state index contributed by atoms with van der Waals surface area (Å²) in [4.78, 5) is 0. The molecule has 2 aromatic rings. The van der Waals surface area contributed by atoms with E-state index in [1.807, 2.05) is 12.1 Å². The van der Waals surface area contributed by atoms with Crippen molar-refractivity contribution in [1.29, 1.82) is 0 Å². The average molecular weight is 344 g/mol. The first-order valence-electron chi connectivity index (χ1n) is 9.01. The van der Waals surface area contributed by atoms with Crippen LogP contribution in [-0.2, 0) is 6.42 Å². The van der Waals surface area contributed by atoms with Gasteiger partial charge in [0.05, 0.1) is 7.11 Å². The molecule has 0 radical (unpaired) electrons. The lowest BCUT2D eigenvalue weighted by molar-refractivity contribution is -0.462. The summed E-state index contributed by atoms with van der Waals surface area (Å²) in [7, 11) is 5.82. The predicted octanol–water partition coefficient (Wildman–Crippen LogP) is 4.90. The number of hydrogen-bond acceptors (Lipinski definition) is 1. The highest BCUT2D eigenvalue weighted by Crippen LogP contribution is 2.31. The lowest BCUT2D eigenvalue weighted by atomic mass is 9.90. The zero-order valence-electron chi connectivity index (χ0n) is 16.0. The standard InChI is InChI=1S/C24H26NO/c1-5-18-6-8-19(9-7-18)24(21-12-16-23(26-4)17-13-21)20-10-14-22(15-11-20)25(2)3/h6-17H,5H2,1-4H3/q+1. The third-order valence-electron chi connectivity index (χ3n) is 4.70. The van der Waals surface area contributed by atoms with Crippen LogP contribution in [0.1, 0.15) is 23.6 Å². The minimum absolute atomic E-state index is 0.873. The van der Waals surface area contributed by atoms with Crippen LogP contribution in [0.5, 0.6) is 5.75 Å². The molecular formula is C24H26NO+. The Labute approximate surface area is 156 Å². The third kappa shape index (κ3) is 3.85. The number of nitrogens with zero attached hydrogens (tertiary/aromatic N) is 1. The highest BCUT2D eigenvalue weighted by Gasteiger charge is 2.13. The molecule has 0 N–H and O–H groups in total. The van der Waals surface area contributed by atoms with Crippen LogP contribution in [0, 0.1) is 0 Å². The molecule has 0 aliphatic heterocycles. The molecule has 3 rings (SSSR count). The van der Waals surface area contributed by atoms with E-state index in [1.54, 1.807) is 7.11 Å². The second kappa shape index (κ2) is 8.01. The molecule has 2 aromatic carbocycles. The molecule has 26 heavy (non-hydrogen) atoms. The number of benzene rings is 2. The van der Waals surface area contributed by atoms with Gasteiger partial charge in [-0.15, -0.1) is 0 Å². The number of allylic oxidation sites excluding steroid dienone is 5. The normalized spacial score (nSPS) is 13.1. The quantitative estimate of drug-likeness (QED) is 0.719. The van der Waals surface area contributed by atoms with Crippen LogP contribution in [0.25, 0.3) is 5.57 Å². The highest BCUT2D eigenvalue weighted by atomic mass is 16.5.